The summed E-state index contributed by atoms with van der Waals surface area (Å²) in [5.74, 6) is -0.612. The summed E-state index contributed by atoms with van der Waals surface area (Å²) in [5, 5.41) is 7.21. The van der Waals surface area contributed by atoms with E-state index in [9.17, 15) is 18.0 Å². The van der Waals surface area contributed by atoms with Crippen molar-refractivity contribution in [2.24, 2.45) is 0 Å². The molecule has 1 aliphatic heterocycles. The molecule has 0 saturated carbocycles. The van der Waals surface area contributed by atoms with Crippen LogP contribution in [0.4, 0.5) is 11.4 Å². The first kappa shape index (κ1) is 23.5. The molecule has 4 aromatic rings. The van der Waals surface area contributed by atoms with Crippen LogP contribution in [0.1, 0.15) is 28.8 Å². The number of rotatable bonds is 8. The van der Waals surface area contributed by atoms with Gasteiger partial charge in [-0.05, 0) is 47.7 Å². The summed E-state index contributed by atoms with van der Waals surface area (Å²) in [6.07, 6.45) is 3.76. The van der Waals surface area contributed by atoms with Crippen molar-refractivity contribution < 1.29 is 18.0 Å². The highest BCUT2D eigenvalue weighted by Gasteiger charge is 2.35. The molecule has 5 rings (SSSR count). The van der Waals surface area contributed by atoms with Crippen molar-refractivity contribution in [2.75, 3.05) is 16.2 Å². The van der Waals surface area contributed by atoms with Crippen molar-refractivity contribution in [1.82, 2.24) is 10.3 Å². The number of pyridine rings is 1. The molecule has 0 atom stereocenters. The highest BCUT2D eigenvalue weighted by Crippen LogP contribution is 2.41. The Bertz CT molecular complexity index is 1550. The van der Waals surface area contributed by atoms with E-state index < -0.39 is 10.0 Å². The average molecular weight is 501 g/mol. The van der Waals surface area contributed by atoms with Gasteiger partial charge in [0.05, 0.1) is 21.8 Å². The van der Waals surface area contributed by atoms with Gasteiger partial charge in [-0.15, -0.1) is 0 Å². The number of nitrogens with one attached hydrogen (secondary N) is 2. The van der Waals surface area contributed by atoms with Crippen LogP contribution >= 0.6 is 0 Å². The van der Waals surface area contributed by atoms with Gasteiger partial charge in [0.2, 0.25) is 5.91 Å². The van der Waals surface area contributed by atoms with E-state index in [1.807, 2.05) is 24.3 Å². The minimum Gasteiger partial charge on any atom is -0.348 e. The Balaban J connectivity index is 1.21. The fourth-order valence-corrected chi connectivity index (χ4v) is 6.11. The minimum atomic E-state index is -3.66. The van der Waals surface area contributed by atoms with Gasteiger partial charge in [0.25, 0.3) is 15.9 Å². The molecule has 0 saturated heterocycles. The van der Waals surface area contributed by atoms with Gasteiger partial charge in [-0.1, -0.05) is 42.5 Å². The Hall–Kier alpha value is -4.24. The standard InChI is InChI=1S/C27H24N4O4S/c32-25(30-22-11-2-1-10-21(22)27(33)29-18-19-7-5-15-28-17-19)14-6-16-31-23-12-3-8-20-9-4-13-24(26(20)23)36(31,34)35/h1-5,7-13,15,17H,6,14,16,18H2,(H,29,33)(H,30,32). The molecular weight excluding hydrogens is 476 g/mol. The lowest BCUT2D eigenvalue weighted by Crippen LogP contribution is -2.29. The third-order valence-electron chi connectivity index (χ3n) is 6.07. The first-order chi connectivity index (χ1) is 17.4. The zero-order chi connectivity index (χ0) is 25.1. The van der Waals surface area contributed by atoms with Crippen LogP contribution in [-0.2, 0) is 21.4 Å². The SMILES string of the molecule is O=C(CCCN1c2cccc3cccc(c23)S1(=O)=O)Nc1ccccc1C(=O)NCc1cccnc1. The van der Waals surface area contributed by atoms with E-state index >= 15 is 0 Å². The molecular formula is C27H24N4O4S. The smallest absolute Gasteiger partial charge is 0.265 e. The largest absolute Gasteiger partial charge is 0.348 e. The van der Waals surface area contributed by atoms with Gasteiger partial charge in [-0.2, -0.15) is 0 Å². The summed E-state index contributed by atoms with van der Waals surface area (Å²) in [6.45, 7) is 0.491. The monoisotopic (exact) mass is 500 g/mol. The predicted molar refractivity (Wildman–Crippen MR) is 138 cm³/mol. The number of anilines is 2. The number of hydrogen-bond donors (Lipinski definition) is 2. The second-order valence-corrected chi connectivity index (χ2v) is 10.3. The van der Waals surface area contributed by atoms with E-state index in [1.165, 1.54) is 4.31 Å². The van der Waals surface area contributed by atoms with Gasteiger partial charge in [0.1, 0.15) is 0 Å². The summed E-state index contributed by atoms with van der Waals surface area (Å²) in [5.41, 5.74) is 2.25. The molecule has 2 heterocycles. The van der Waals surface area contributed by atoms with Crippen LogP contribution in [0.15, 0.2) is 90.1 Å². The molecule has 0 bridgehead atoms. The highest BCUT2D eigenvalue weighted by atomic mass is 32.2. The van der Waals surface area contributed by atoms with Crippen LogP contribution in [-0.4, -0.2) is 31.8 Å². The van der Waals surface area contributed by atoms with Crippen LogP contribution in [0.25, 0.3) is 10.8 Å². The van der Waals surface area contributed by atoms with Gasteiger partial charge >= 0.3 is 0 Å². The van der Waals surface area contributed by atoms with Crippen molar-refractivity contribution >= 4 is 44.0 Å². The molecule has 0 spiro atoms. The average Bonchev–Trinajstić information content (AvgIpc) is 3.11. The molecule has 0 radical (unpaired) electrons. The molecule has 182 valence electrons. The Morgan fingerprint density at radius 1 is 0.917 bits per heavy atom. The molecule has 36 heavy (non-hydrogen) atoms. The summed E-state index contributed by atoms with van der Waals surface area (Å²) >= 11 is 0. The number of aromatic nitrogens is 1. The zero-order valence-corrected chi connectivity index (χ0v) is 20.2. The minimum absolute atomic E-state index is 0.101. The number of hydrogen-bond acceptors (Lipinski definition) is 5. The Morgan fingerprint density at radius 2 is 1.72 bits per heavy atom. The number of carbonyl (C=O) groups is 2. The quantitative estimate of drug-likeness (QED) is 0.379. The molecule has 2 N–H and O–H groups in total. The van der Waals surface area contributed by atoms with E-state index in [0.29, 0.717) is 34.8 Å². The molecule has 0 unspecified atom stereocenters. The molecule has 1 aliphatic rings. The lowest BCUT2D eigenvalue weighted by Gasteiger charge is -2.18. The lowest BCUT2D eigenvalue weighted by molar-refractivity contribution is -0.116. The highest BCUT2D eigenvalue weighted by molar-refractivity contribution is 7.93. The zero-order valence-electron chi connectivity index (χ0n) is 19.3. The van der Waals surface area contributed by atoms with Crippen LogP contribution in [0, 0.1) is 0 Å². The maximum absolute atomic E-state index is 13.1. The second kappa shape index (κ2) is 9.79. The summed E-state index contributed by atoms with van der Waals surface area (Å²) < 4.78 is 27.6. The van der Waals surface area contributed by atoms with Gasteiger partial charge in [-0.3, -0.25) is 18.9 Å². The number of sulfonamides is 1. The summed E-state index contributed by atoms with van der Waals surface area (Å²) in [6, 6.07) is 21.2. The number of para-hydroxylation sites is 1. The Morgan fingerprint density at radius 3 is 2.53 bits per heavy atom. The third kappa shape index (κ3) is 4.52. The van der Waals surface area contributed by atoms with E-state index in [1.54, 1.807) is 60.9 Å². The normalized spacial score (nSPS) is 13.5. The van der Waals surface area contributed by atoms with Crippen LogP contribution < -0.4 is 14.9 Å². The third-order valence-corrected chi connectivity index (χ3v) is 7.92. The fraction of sp³-hybridized carbons (Fsp3) is 0.148. The molecule has 2 amide bonds. The molecule has 8 nitrogen and oxygen atoms in total. The number of amides is 2. The van der Waals surface area contributed by atoms with Crippen LogP contribution in [0.3, 0.4) is 0 Å². The van der Waals surface area contributed by atoms with E-state index in [4.69, 9.17) is 0 Å². The summed E-state index contributed by atoms with van der Waals surface area (Å²) in [7, 11) is -3.66. The van der Waals surface area contributed by atoms with Crippen LogP contribution in [0.5, 0.6) is 0 Å². The molecule has 0 aliphatic carbocycles. The van der Waals surface area contributed by atoms with Crippen LogP contribution in [0.2, 0.25) is 0 Å². The van der Waals surface area contributed by atoms with E-state index in [-0.39, 0.29) is 24.8 Å². The van der Waals surface area contributed by atoms with Crippen molar-refractivity contribution in [2.45, 2.75) is 24.3 Å². The van der Waals surface area contributed by atoms with Gasteiger partial charge in [-0.25, -0.2) is 8.42 Å². The van der Waals surface area contributed by atoms with Gasteiger partial charge in [0, 0.05) is 37.3 Å². The maximum Gasteiger partial charge on any atom is 0.265 e. The van der Waals surface area contributed by atoms with Gasteiger partial charge in [0.15, 0.2) is 0 Å². The number of benzene rings is 3. The Labute approximate surface area is 209 Å². The van der Waals surface area contributed by atoms with E-state index in [0.717, 1.165) is 16.3 Å². The number of nitrogens with zero attached hydrogens (tertiary/aromatic N) is 2. The maximum atomic E-state index is 13.1. The molecule has 3 aromatic carbocycles. The predicted octanol–water partition coefficient (Wildman–Crippen LogP) is 4.09. The first-order valence-corrected chi connectivity index (χ1v) is 13.0. The van der Waals surface area contributed by atoms with Gasteiger partial charge < -0.3 is 10.6 Å². The lowest BCUT2D eigenvalue weighted by atomic mass is 10.1. The van der Waals surface area contributed by atoms with Crippen molar-refractivity contribution in [3.05, 3.63) is 96.3 Å². The first-order valence-electron chi connectivity index (χ1n) is 11.6. The summed E-state index contributed by atoms with van der Waals surface area (Å²) in [4.78, 5) is 29.7. The second-order valence-electron chi connectivity index (χ2n) is 8.45. The molecule has 0 fully saturated rings. The van der Waals surface area contributed by atoms with E-state index in [2.05, 4.69) is 15.6 Å². The van der Waals surface area contributed by atoms with Crippen molar-refractivity contribution in [3.63, 3.8) is 0 Å². The topological polar surface area (TPSA) is 108 Å². The Kier molecular flexibility index (Phi) is 6.39. The van der Waals surface area contributed by atoms with Crippen molar-refractivity contribution in [3.8, 4) is 0 Å². The number of carbonyl (C=O) groups excluding carboxylic acids is 2. The molecule has 9 heteroatoms. The molecule has 1 aromatic heterocycles. The fourth-order valence-electron chi connectivity index (χ4n) is 4.37. The van der Waals surface area contributed by atoms with Crippen molar-refractivity contribution in [1.29, 1.82) is 0 Å².